The molecule has 2 heterocycles. The first-order valence-corrected chi connectivity index (χ1v) is 7.98. The summed E-state index contributed by atoms with van der Waals surface area (Å²) in [6.45, 7) is 6.36. The SMILES string of the molecule is CNCCc1cn(CC2CCC(C)(C)O2)c2ccccc12. The lowest BCUT2D eigenvalue weighted by Crippen LogP contribution is -2.22. The van der Waals surface area contributed by atoms with E-state index in [4.69, 9.17) is 4.74 Å². The zero-order valence-electron chi connectivity index (χ0n) is 13.4. The number of rotatable bonds is 5. The summed E-state index contributed by atoms with van der Waals surface area (Å²) in [5.41, 5.74) is 2.80. The highest BCUT2D eigenvalue weighted by Gasteiger charge is 2.31. The second kappa shape index (κ2) is 5.82. The average Bonchev–Trinajstić information content (AvgIpc) is 2.98. The van der Waals surface area contributed by atoms with Gasteiger partial charge in [0.25, 0.3) is 0 Å². The average molecular weight is 286 g/mol. The number of nitrogens with zero attached hydrogens (tertiary/aromatic N) is 1. The van der Waals surface area contributed by atoms with Gasteiger partial charge in [0.2, 0.25) is 0 Å². The summed E-state index contributed by atoms with van der Waals surface area (Å²) in [7, 11) is 2.01. The summed E-state index contributed by atoms with van der Waals surface area (Å²) in [6, 6.07) is 8.71. The molecule has 1 unspecified atom stereocenters. The molecule has 0 aliphatic carbocycles. The summed E-state index contributed by atoms with van der Waals surface area (Å²) >= 11 is 0. The number of hydrogen-bond donors (Lipinski definition) is 1. The first-order chi connectivity index (χ1) is 10.1. The minimum absolute atomic E-state index is 0.0442. The normalized spacial score (nSPS) is 21.2. The molecule has 21 heavy (non-hydrogen) atoms. The second-order valence-corrected chi connectivity index (χ2v) is 6.72. The molecule has 1 aliphatic heterocycles. The quantitative estimate of drug-likeness (QED) is 0.912. The Morgan fingerprint density at radius 2 is 2.14 bits per heavy atom. The monoisotopic (exact) mass is 286 g/mol. The molecular formula is C18H26N2O. The molecule has 0 saturated carbocycles. The van der Waals surface area contributed by atoms with Crippen LogP contribution in [-0.2, 0) is 17.7 Å². The molecule has 3 nitrogen and oxygen atoms in total. The minimum atomic E-state index is 0.0442. The lowest BCUT2D eigenvalue weighted by Gasteiger charge is -2.19. The number of hydrogen-bond acceptors (Lipinski definition) is 2. The van der Waals surface area contributed by atoms with Crippen LogP contribution in [0.2, 0.25) is 0 Å². The molecule has 1 aromatic carbocycles. The van der Waals surface area contributed by atoms with Crippen molar-refractivity contribution < 1.29 is 4.74 Å². The van der Waals surface area contributed by atoms with Crippen LogP contribution in [0.15, 0.2) is 30.5 Å². The highest BCUT2D eigenvalue weighted by molar-refractivity contribution is 5.84. The van der Waals surface area contributed by atoms with E-state index < -0.39 is 0 Å². The van der Waals surface area contributed by atoms with E-state index in [2.05, 4.69) is 54.2 Å². The summed E-state index contributed by atoms with van der Waals surface area (Å²) in [4.78, 5) is 0. The van der Waals surface area contributed by atoms with E-state index in [1.807, 2.05) is 7.05 Å². The lowest BCUT2D eigenvalue weighted by molar-refractivity contribution is -0.0212. The van der Waals surface area contributed by atoms with Crippen molar-refractivity contribution in [2.24, 2.45) is 0 Å². The van der Waals surface area contributed by atoms with Crippen molar-refractivity contribution in [2.45, 2.75) is 51.4 Å². The standard InChI is InChI=1S/C18H26N2O/c1-18(2)10-8-15(21-18)13-20-12-14(9-11-19-3)16-6-4-5-7-17(16)20/h4-7,12,15,19H,8-11,13H2,1-3H3. The van der Waals surface area contributed by atoms with Crippen LogP contribution in [0.25, 0.3) is 10.9 Å². The van der Waals surface area contributed by atoms with E-state index in [-0.39, 0.29) is 5.60 Å². The Bertz CT molecular complexity index is 615. The van der Waals surface area contributed by atoms with Crippen LogP contribution in [-0.4, -0.2) is 29.9 Å². The summed E-state index contributed by atoms with van der Waals surface area (Å²) in [5.74, 6) is 0. The molecule has 3 rings (SSSR count). The van der Waals surface area contributed by atoms with E-state index in [0.29, 0.717) is 6.10 Å². The lowest BCUT2D eigenvalue weighted by atomic mass is 10.1. The van der Waals surface area contributed by atoms with Gasteiger partial charge in [0.1, 0.15) is 0 Å². The van der Waals surface area contributed by atoms with Gasteiger partial charge in [-0.25, -0.2) is 0 Å². The summed E-state index contributed by atoms with van der Waals surface area (Å²) < 4.78 is 8.54. The Kier molecular flexibility index (Phi) is 4.05. The minimum Gasteiger partial charge on any atom is -0.370 e. The molecule has 1 atom stereocenters. The molecule has 0 bridgehead atoms. The molecule has 0 spiro atoms. The van der Waals surface area contributed by atoms with Crippen LogP contribution in [0, 0.1) is 0 Å². The Morgan fingerprint density at radius 3 is 2.86 bits per heavy atom. The molecule has 2 aromatic rings. The maximum atomic E-state index is 6.16. The molecule has 0 amide bonds. The van der Waals surface area contributed by atoms with Crippen molar-refractivity contribution in [1.29, 1.82) is 0 Å². The van der Waals surface area contributed by atoms with Crippen LogP contribution < -0.4 is 5.32 Å². The van der Waals surface area contributed by atoms with Crippen molar-refractivity contribution in [2.75, 3.05) is 13.6 Å². The first kappa shape index (κ1) is 14.6. The van der Waals surface area contributed by atoms with E-state index in [9.17, 15) is 0 Å². The Hall–Kier alpha value is -1.32. The van der Waals surface area contributed by atoms with Gasteiger partial charge in [0.05, 0.1) is 11.7 Å². The smallest absolute Gasteiger partial charge is 0.0762 e. The molecule has 1 fully saturated rings. The van der Waals surface area contributed by atoms with Gasteiger partial charge in [-0.3, -0.25) is 0 Å². The van der Waals surface area contributed by atoms with Crippen LogP contribution in [0.1, 0.15) is 32.3 Å². The molecule has 1 aliphatic rings. The maximum absolute atomic E-state index is 6.16. The number of ether oxygens (including phenoxy) is 1. The number of fused-ring (bicyclic) bond motifs is 1. The van der Waals surface area contributed by atoms with Crippen molar-refractivity contribution in [3.05, 3.63) is 36.0 Å². The van der Waals surface area contributed by atoms with Gasteiger partial charge in [-0.15, -0.1) is 0 Å². The number of aromatic nitrogens is 1. The predicted octanol–water partition coefficient (Wildman–Crippen LogP) is 3.36. The molecule has 0 radical (unpaired) electrons. The third-order valence-electron chi connectivity index (χ3n) is 4.47. The van der Waals surface area contributed by atoms with Gasteiger partial charge < -0.3 is 14.6 Å². The second-order valence-electron chi connectivity index (χ2n) is 6.72. The van der Waals surface area contributed by atoms with Crippen molar-refractivity contribution in [3.8, 4) is 0 Å². The van der Waals surface area contributed by atoms with Gasteiger partial charge in [-0.2, -0.15) is 0 Å². The molecule has 1 N–H and O–H groups in total. The Morgan fingerprint density at radius 1 is 1.33 bits per heavy atom. The first-order valence-electron chi connectivity index (χ1n) is 7.98. The Labute approximate surface area is 127 Å². The number of para-hydroxylation sites is 1. The number of likely N-dealkylation sites (N-methyl/N-ethyl adjacent to an activating group) is 1. The topological polar surface area (TPSA) is 26.2 Å². The van der Waals surface area contributed by atoms with Crippen LogP contribution in [0.4, 0.5) is 0 Å². The van der Waals surface area contributed by atoms with E-state index >= 15 is 0 Å². The largest absolute Gasteiger partial charge is 0.370 e. The van der Waals surface area contributed by atoms with Gasteiger partial charge in [0.15, 0.2) is 0 Å². The van der Waals surface area contributed by atoms with Crippen molar-refractivity contribution >= 4 is 10.9 Å². The number of nitrogens with one attached hydrogen (secondary N) is 1. The molecule has 1 saturated heterocycles. The van der Waals surface area contributed by atoms with Gasteiger partial charge in [-0.05, 0) is 58.3 Å². The number of benzene rings is 1. The van der Waals surface area contributed by atoms with Crippen molar-refractivity contribution in [1.82, 2.24) is 9.88 Å². The fourth-order valence-electron chi connectivity index (χ4n) is 3.36. The van der Waals surface area contributed by atoms with Crippen molar-refractivity contribution in [3.63, 3.8) is 0 Å². The van der Waals surface area contributed by atoms with Crippen LogP contribution in [0.3, 0.4) is 0 Å². The van der Waals surface area contributed by atoms with Gasteiger partial charge >= 0.3 is 0 Å². The Balaban J connectivity index is 1.85. The highest BCUT2D eigenvalue weighted by atomic mass is 16.5. The third kappa shape index (κ3) is 3.14. The summed E-state index contributed by atoms with van der Waals surface area (Å²) in [6.07, 6.45) is 6.04. The zero-order chi connectivity index (χ0) is 14.9. The van der Waals surface area contributed by atoms with E-state index in [0.717, 1.165) is 32.4 Å². The fraction of sp³-hybridized carbons (Fsp3) is 0.556. The van der Waals surface area contributed by atoms with Gasteiger partial charge in [-0.1, -0.05) is 18.2 Å². The molecule has 114 valence electrons. The van der Waals surface area contributed by atoms with Gasteiger partial charge in [0, 0.05) is 23.6 Å². The van der Waals surface area contributed by atoms with E-state index in [1.54, 1.807) is 0 Å². The van der Waals surface area contributed by atoms with Crippen LogP contribution >= 0.6 is 0 Å². The highest BCUT2D eigenvalue weighted by Crippen LogP contribution is 2.31. The summed E-state index contributed by atoms with van der Waals surface area (Å²) in [5, 5.41) is 4.62. The zero-order valence-corrected chi connectivity index (χ0v) is 13.4. The third-order valence-corrected chi connectivity index (χ3v) is 4.47. The predicted molar refractivity (Wildman–Crippen MR) is 87.8 cm³/mol. The molecule has 3 heteroatoms. The fourth-order valence-corrected chi connectivity index (χ4v) is 3.36. The molecular weight excluding hydrogens is 260 g/mol. The maximum Gasteiger partial charge on any atom is 0.0762 e. The van der Waals surface area contributed by atoms with E-state index in [1.165, 1.54) is 16.5 Å². The molecule has 1 aromatic heterocycles. The van der Waals surface area contributed by atoms with Crippen LogP contribution in [0.5, 0.6) is 0 Å².